The summed E-state index contributed by atoms with van der Waals surface area (Å²) in [7, 11) is -3.66. The second kappa shape index (κ2) is 3.58. The van der Waals surface area contributed by atoms with E-state index in [2.05, 4.69) is 4.98 Å². The predicted octanol–water partition coefficient (Wildman–Crippen LogP) is 0.387. The maximum Gasteiger partial charge on any atom is 0.255 e. The number of benzene rings is 1. The Balaban J connectivity index is 2.83. The van der Waals surface area contributed by atoms with E-state index in [-0.39, 0.29) is 4.90 Å². The molecule has 0 aliphatic heterocycles. The van der Waals surface area contributed by atoms with E-state index >= 15 is 0 Å². The van der Waals surface area contributed by atoms with E-state index in [4.69, 9.17) is 5.84 Å². The van der Waals surface area contributed by atoms with Crippen molar-refractivity contribution in [2.75, 3.05) is 0 Å². The lowest BCUT2D eigenvalue weighted by Crippen LogP contribution is -2.30. The normalized spacial score (nSPS) is 11.8. The first-order chi connectivity index (χ1) is 7.15. The van der Waals surface area contributed by atoms with Gasteiger partial charge in [-0.1, -0.05) is 18.2 Å². The molecule has 6 heteroatoms. The molecule has 78 valence electrons. The van der Waals surface area contributed by atoms with Crippen molar-refractivity contribution in [2.45, 2.75) is 4.90 Å². The van der Waals surface area contributed by atoms with Gasteiger partial charge in [0, 0.05) is 11.6 Å². The largest absolute Gasteiger partial charge is 0.257 e. The number of hydrazine groups is 1. The monoisotopic (exact) mass is 223 g/mol. The van der Waals surface area contributed by atoms with E-state index in [9.17, 15) is 8.42 Å². The molecule has 0 radical (unpaired) electrons. The molecular weight excluding hydrogens is 214 g/mol. The first-order valence-corrected chi connectivity index (χ1v) is 5.69. The van der Waals surface area contributed by atoms with Gasteiger partial charge in [0.25, 0.3) is 10.0 Å². The van der Waals surface area contributed by atoms with Gasteiger partial charge in [0.15, 0.2) is 0 Å². The fourth-order valence-electron chi connectivity index (χ4n) is 1.36. The molecule has 1 aromatic heterocycles. The summed E-state index contributed by atoms with van der Waals surface area (Å²) >= 11 is 0. The molecule has 0 saturated heterocycles. The molecule has 2 rings (SSSR count). The average Bonchev–Trinajstić information content (AvgIpc) is 2.28. The smallest absolute Gasteiger partial charge is 0.255 e. The number of pyridine rings is 1. The molecule has 0 bridgehead atoms. The quantitative estimate of drug-likeness (QED) is 0.569. The van der Waals surface area contributed by atoms with Crippen LogP contribution in [0.25, 0.3) is 10.9 Å². The van der Waals surface area contributed by atoms with Crippen LogP contribution in [0.1, 0.15) is 0 Å². The summed E-state index contributed by atoms with van der Waals surface area (Å²) in [5.41, 5.74) is 0.415. The molecule has 0 saturated carbocycles. The van der Waals surface area contributed by atoms with Crippen molar-refractivity contribution in [3.8, 4) is 0 Å². The molecular formula is C9H9N3O2S. The van der Waals surface area contributed by atoms with Crippen molar-refractivity contribution < 1.29 is 8.42 Å². The SMILES string of the molecule is NNS(=O)(=O)c1cccc2cccnc12. The van der Waals surface area contributed by atoms with E-state index < -0.39 is 10.0 Å². The lowest BCUT2D eigenvalue weighted by atomic mass is 10.2. The summed E-state index contributed by atoms with van der Waals surface area (Å²) in [6.07, 6.45) is 1.54. The molecule has 0 aliphatic carbocycles. The van der Waals surface area contributed by atoms with E-state index in [0.29, 0.717) is 5.52 Å². The summed E-state index contributed by atoms with van der Waals surface area (Å²) in [5.74, 6) is 4.96. The van der Waals surface area contributed by atoms with Gasteiger partial charge in [-0.25, -0.2) is 8.42 Å². The molecule has 5 nitrogen and oxygen atoms in total. The van der Waals surface area contributed by atoms with Crippen molar-refractivity contribution in [1.82, 2.24) is 9.82 Å². The van der Waals surface area contributed by atoms with Crippen LogP contribution in [0.15, 0.2) is 41.4 Å². The average molecular weight is 223 g/mol. The Morgan fingerprint density at radius 1 is 1.20 bits per heavy atom. The minimum atomic E-state index is -3.66. The number of nitrogens with two attached hydrogens (primary N) is 1. The lowest BCUT2D eigenvalue weighted by molar-refractivity contribution is 0.585. The zero-order chi connectivity index (χ0) is 10.9. The van der Waals surface area contributed by atoms with Crippen LogP contribution in [0.5, 0.6) is 0 Å². The van der Waals surface area contributed by atoms with Crippen LogP contribution in [0.2, 0.25) is 0 Å². The number of rotatable bonds is 2. The zero-order valence-electron chi connectivity index (χ0n) is 7.71. The number of para-hydroxylation sites is 1. The van der Waals surface area contributed by atoms with E-state index in [1.165, 1.54) is 12.3 Å². The highest BCUT2D eigenvalue weighted by Crippen LogP contribution is 2.19. The first kappa shape index (κ1) is 10.0. The number of hydrogen-bond donors (Lipinski definition) is 2. The van der Waals surface area contributed by atoms with Gasteiger partial charge in [0.2, 0.25) is 0 Å². The standard InChI is InChI=1S/C9H9N3O2S/c10-12-15(13,14)8-5-1-3-7-4-2-6-11-9(7)8/h1-6,12H,10H2. The summed E-state index contributed by atoms with van der Waals surface area (Å²) < 4.78 is 23.1. The predicted molar refractivity (Wildman–Crippen MR) is 56.3 cm³/mol. The van der Waals surface area contributed by atoms with Gasteiger partial charge < -0.3 is 0 Å². The Morgan fingerprint density at radius 2 is 1.93 bits per heavy atom. The first-order valence-electron chi connectivity index (χ1n) is 4.21. The van der Waals surface area contributed by atoms with Crippen LogP contribution in [0, 0.1) is 0 Å². The molecule has 2 aromatic rings. The molecule has 0 unspecified atom stereocenters. The van der Waals surface area contributed by atoms with Crippen LogP contribution < -0.4 is 10.7 Å². The Morgan fingerprint density at radius 3 is 2.67 bits per heavy atom. The Bertz CT molecular complexity index is 590. The molecule has 15 heavy (non-hydrogen) atoms. The maximum atomic E-state index is 11.5. The molecule has 1 heterocycles. The minimum absolute atomic E-state index is 0.0862. The molecule has 1 aromatic carbocycles. The van der Waals surface area contributed by atoms with Gasteiger partial charge >= 0.3 is 0 Å². The number of hydrogen-bond acceptors (Lipinski definition) is 4. The Kier molecular flexibility index (Phi) is 2.39. The molecule has 0 aliphatic rings. The molecule has 0 spiro atoms. The number of nitrogens with one attached hydrogen (secondary N) is 1. The van der Waals surface area contributed by atoms with Gasteiger partial charge in [-0.3, -0.25) is 10.8 Å². The lowest BCUT2D eigenvalue weighted by Gasteiger charge is -2.04. The molecule has 3 N–H and O–H groups in total. The van der Waals surface area contributed by atoms with Crippen LogP contribution in [0.4, 0.5) is 0 Å². The van der Waals surface area contributed by atoms with E-state index in [1.54, 1.807) is 29.1 Å². The second-order valence-electron chi connectivity index (χ2n) is 2.95. The van der Waals surface area contributed by atoms with Crippen LogP contribution in [0.3, 0.4) is 0 Å². The Labute approximate surface area is 87.0 Å². The highest BCUT2D eigenvalue weighted by atomic mass is 32.2. The number of sulfonamides is 1. The fraction of sp³-hybridized carbons (Fsp3) is 0. The number of aromatic nitrogens is 1. The summed E-state index contributed by atoms with van der Waals surface area (Å²) in [6, 6.07) is 8.43. The molecule has 0 amide bonds. The van der Waals surface area contributed by atoms with Crippen molar-refractivity contribution >= 4 is 20.9 Å². The van der Waals surface area contributed by atoms with Gasteiger partial charge in [-0.15, -0.1) is 4.83 Å². The van der Waals surface area contributed by atoms with E-state index in [0.717, 1.165) is 5.39 Å². The third kappa shape index (κ3) is 1.70. The van der Waals surface area contributed by atoms with Gasteiger partial charge in [0.05, 0.1) is 5.52 Å². The minimum Gasteiger partial charge on any atom is -0.257 e. The molecule has 0 atom stereocenters. The van der Waals surface area contributed by atoms with Crippen molar-refractivity contribution in [3.05, 3.63) is 36.5 Å². The Hall–Kier alpha value is -1.50. The summed E-state index contributed by atoms with van der Waals surface area (Å²) in [5, 5.41) is 0.758. The van der Waals surface area contributed by atoms with Gasteiger partial charge in [-0.2, -0.15) is 0 Å². The van der Waals surface area contributed by atoms with Crippen molar-refractivity contribution in [3.63, 3.8) is 0 Å². The number of fused-ring (bicyclic) bond motifs is 1. The van der Waals surface area contributed by atoms with Gasteiger partial charge in [0.1, 0.15) is 4.90 Å². The maximum absolute atomic E-state index is 11.5. The topological polar surface area (TPSA) is 85.1 Å². The fourth-order valence-corrected chi connectivity index (χ4v) is 2.17. The van der Waals surface area contributed by atoms with Gasteiger partial charge in [-0.05, 0) is 12.1 Å². The van der Waals surface area contributed by atoms with E-state index in [1.807, 2.05) is 0 Å². The van der Waals surface area contributed by atoms with Crippen molar-refractivity contribution in [1.29, 1.82) is 0 Å². The highest BCUT2D eigenvalue weighted by molar-refractivity contribution is 7.89. The second-order valence-corrected chi connectivity index (χ2v) is 4.63. The molecule has 0 fully saturated rings. The highest BCUT2D eigenvalue weighted by Gasteiger charge is 2.15. The van der Waals surface area contributed by atoms with Crippen LogP contribution in [-0.4, -0.2) is 13.4 Å². The van der Waals surface area contributed by atoms with Crippen LogP contribution >= 0.6 is 0 Å². The van der Waals surface area contributed by atoms with Crippen LogP contribution in [-0.2, 0) is 10.0 Å². The third-order valence-electron chi connectivity index (χ3n) is 2.04. The number of nitrogens with zero attached hydrogens (tertiary/aromatic N) is 1. The van der Waals surface area contributed by atoms with Crippen molar-refractivity contribution in [2.24, 2.45) is 5.84 Å². The zero-order valence-corrected chi connectivity index (χ0v) is 8.53. The summed E-state index contributed by atoms with van der Waals surface area (Å²) in [4.78, 5) is 5.89. The summed E-state index contributed by atoms with van der Waals surface area (Å²) in [6.45, 7) is 0. The third-order valence-corrected chi connectivity index (χ3v) is 3.26.